The van der Waals surface area contributed by atoms with Crippen LogP contribution in [-0.4, -0.2) is 37.3 Å². The molecule has 0 aliphatic carbocycles. The fourth-order valence-electron chi connectivity index (χ4n) is 1.82. The Kier molecular flexibility index (Phi) is 4.47. The average molecular weight is 256 g/mol. The number of rotatable bonds is 5. The SMILES string of the molecule is COC(=O)C(NCC1CCCO1)c1nccs1. The van der Waals surface area contributed by atoms with Gasteiger partial charge in [-0.3, -0.25) is 5.32 Å². The highest BCUT2D eigenvalue weighted by atomic mass is 32.1. The van der Waals surface area contributed by atoms with Crippen molar-refractivity contribution in [3.63, 3.8) is 0 Å². The molecular formula is C11H16N2O3S. The van der Waals surface area contributed by atoms with E-state index >= 15 is 0 Å². The van der Waals surface area contributed by atoms with E-state index in [1.54, 1.807) is 6.20 Å². The van der Waals surface area contributed by atoms with Crippen LogP contribution in [0.4, 0.5) is 0 Å². The number of ether oxygens (including phenoxy) is 2. The minimum atomic E-state index is -0.482. The first-order valence-corrected chi connectivity index (χ1v) is 6.51. The van der Waals surface area contributed by atoms with Crippen molar-refractivity contribution in [1.29, 1.82) is 0 Å². The maximum absolute atomic E-state index is 11.7. The number of methoxy groups -OCH3 is 1. The van der Waals surface area contributed by atoms with Crippen molar-refractivity contribution >= 4 is 17.3 Å². The van der Waals surface area contributed by atoms with E-state index in [0.717, 1.165) is 24.5 Å². The third kappa shape index (κ3) is 3.24. The topological polar surface area (TPSA) is 60.5 Å². The van der Waals surface area contributed by atoms with Crippen LogP contribution < -0.4 is 5.32 Å². The first kappa shape index (κ1) is 12.5. The number of carbonyl (C=O) groups excluding carboxylic acids is 1. The summed E-state index contributed by atoms with van der Waals surface area (Å²) in [7, 11) is 1.39. The first-order chi connectivity index (χ1) is 8.31. The number of esters is 1. The van der Waals surface area contributed by atoms with Gasteiger partial charge in [-0.15, -0.1) is 11.3 Å². The molecule has 0 aromatic carbocycles. The van der Waals surface area contributed by atoms with Gasteiger partial charge >= 0.3 is 5.97 Å². The molecule has 0 bridgehead atoms. The molecule has 0 spiro atoms. The van der Waals surface area contributed by atoms with Gasteiger partial charge in [-0.1, -0.05) is 0 Å². The molecule has 94 valence electrons. The normalized spacial score (nSPS) is 21.4. The zero-order valence-electron chi connectivity index (χ0n) is 9.72. The van der Waals surface area contributed by atoms with Gasteiger partial charge in [-0.25, -0.2) is 9.78 Å². The van der Waals surface area contributed by atoms with Crippen molar-refractivity contribution in [3.8, 4) is 0 Å². The Labute approximate surface area is 104 Å². The van der Waals surface area contributed by atoms with E-state index in [2.05, 4.69) is 10.3 Å². The predicted molar refractivity (Wildman–Crippen MR) is 63.8 cm³/mol. The standard InChI is InChI=1S/C11H16N2O3S/c1-15-11(14)9(10-12-4-6-17-10)13-7-8-3-2-5-16-8/h4,6,8-9,13H,2-3,5,7H2,1H3. The maximum Gasteiger partial charge on any atom is 0.330 e. The second kappa shape index (κ2) is 6.09. The summed E-state index contributed by atoms with van der Waals surface area (Å²) < 4.78 is 10.3. The summed E-state index contributed by atoms with van der Waals surface area (Å²) in [6, 6.07) is -0.482. The fraction of sp³-hybridized carbons (Fsp3) is 0.636. The van der Waals surface area contributed by atoms with Crippen LogP contribution in [0, 0.1) is 0 Å². The van der Waals surface area contributed by atoms with Crippen molar-refractivity contribution in [2.75, 3.05) is 20.3 Å². The molecule has 1 aromatic rings. The minimum absolute atomic E-state index is 0.196. The molecule has 0 amide bonds. The Bertz CT molecular complexity index is 350. The number of hydrogen-bond donors (Lipinski definition) is 1. The van der Waals surface area contributed by atoms with Crippen molar-refractivity contribution in [2.45, 2.75) is 25.0 Å². The van der Waals surface area contributed by atoms with E-state index in [0.29, 0.717) is 6.54 Å². The summed E-state index contributed by atoms with van der Waals surface area (Å²) in [5.74, 6) is -0.307. The molecule has 1 N–H and O–H groups in total. The molecule has 1 aliphatic heterocycles. The van der Waals surface area contributed by atoms with Crippen LogP contribution in [0.15, 0.2) is 11.6 Å². The molecule has 5 nitrogen and oxygen atoms in total. The summed E-state index contributed by atoms with van der Waals surface area (Å²) in [4.78, 5) is 15.8. The first-order valence-electron chi connectivity index (χ1n) is 5.63. The van der Waals surface area contributed by atoms with Crippen LogP contribution in [0.1, 0.15) is 23.9 Å². The van der Waals surface area contributed by atoms with E-state index in [1.807, 2.05) is 5.38 Å². The van der Waals surface area contributed by atoms with Crippen molar-refractivity contribution < 1.29 is 14.3 Å². The Morgan fingerprint density at radius 1 is 1.82 bits per heavy atom. The van der Waals surface area contributed by atoms with Crippen LogP contribution in [0.25, 0.3) is 0 Å². The second-order valence-electron chi connectivity index (χ2n) is 3.87. The van der Waals surface area contributed by atoms with Crippen LogP contribution >= 0.6 is 11.3 Å². The molecule has 1 fully saturated rings. The van der Waals surface area contributed by atoms with Crippen LogP contribution in [-0.2, 0) is 14.3 Å². The summed E-state index contributed by atoms with van der Waals surface area (Å²) in [5.41, 5.74) is 0. The Balaban J connectivity index is 1.93. The summed E-state index contributed by atoms with van der Waals surface area (Å²) in [6.07, 6.45) is 4.01. The molecule has 2 rings (SSSR count). The molecule has 1 aromatic heterocycles. The van der Waals surface area contributed by atoms with Gasteiger partial charge in [-0.2, -0.15) is 0 Å². The largest absolute Gasteiger partial charge is 0.468 e. The molecule has 2 heterocycles. The molecule has 0 radical (unpaired) electrons. The Morgan fingerprint density at radius 3 is 3.29 bits per heavy atom. The Morgan fingerprint density at radius 2 is 2.71 bits per heavy atom. The lowest BCUT2D eigenvalue weighted by molar-refractivity contribution is -0.143. The van der Waals surface area contributed by atoms with Crippen molar-refractivity contribution in [1.82, 2.24) is 10.3 Å². The zero-order chi connectivity index (χ0) is 12.1. The lowest BCUT2D eigenvalue weighted by Crippen LogP contribution is -2.35. The fourth-order valence-corrected chi connectivity index (χ4v) is 2.52. The number of aromatic nitrogens is 1. The second-order valence-corrected chi connectivity index (χ2v) is 4.80. The summed E-state index contributed by atoms with van der Waals surface area (Å²) >= 11 is 1.44. The molecule has 1 aliphatic rings. The van der Waals surface area contributed by atoms with Crippen LogP contribution in [0.5, 0.6) is 0 Å². The lowest BCUT2D eigenvalue weighted by atomic mass is 10.2. The smallest absolute Gasteiger partial charge is 0.330 e. The third-order valence-corrected chi connectivity index (χ3v) is 3.55. The molecular weight excluding hydrogens is 240 g/mol. The number of thiazole rings is 1. The van der Waals surface area contributed by atoms with Gasteiger partial charge in [0.15, 0.2) is 6.04 Å². The third-order valence-electron chi connectivity index (χ3n) is 2.71. The average Bonchev–Trinajstić information content (AvgIpc) is 3.01. The van der Waals surface area contributed by atoms with E-state index in [9.17, 15) is 4.79 Å². The van der Waals surface area contributed by atoms with Crippen molar-refractivity contribution in [2.24, 2.45) is 0 Å². The highest BCUT2D eigenvalue weighted by molar-refractivity contribution is 7.09. The van der Waals surface area contributed by atoms with Gasteiger partial charge in [0.05, 0.1) is 13.2 Å². The number of nitrogens with one attached hydrogen (secondary N) is 1. The van der Waals surface area contributed by atoms with E-state index in [4.69, 9.17) is 9.47 Å². The molecule has 1 saturated heterocycles. The highest BCUT2D eigenvalue weighted by Crippen LogP contribution is 2.18. The van der Waals surface area contributed by atoms with Gasteiger partial charge in [-0.05, 0) is 12.8 Å². The minimum Gasteiger partial charge on any atom is -0.468 e. The van der Waals surface area contributed by atoms with Gasteiger partial charge in [0, 0.05) is 24.7 Å². The van der Waals surface area contributed by atoms with Crippen LogP contribution in [0.2, 0.25) is 0 Å². The number of hydrogen-bond acceptors (Lipinski definition) is 6. The predicted octanol–water partition coefficient (Wildman–Crippen LogP) is 1.13. The molecule has 0 saturated carbocycles. The van der Waals surface area contributed by atoms with E-state index < -0.39 is 6.04 Å². The molecule has 2 atom stereocenters. The quantitative estimate of drug-likeness (QED) is 0.800. The van der Waals surface area contributed by atoms with Gasteiger partial charge in [0.25, 0.3) is 0 Å². The number of carbonyl (C=O) groups is 1. The maximum atomic E-state index is 11.7. The lowest BCUT2D eigenvalue weighted by Gasteiger charge is -2.16. The van der Waals surface area contributed by atoms with Gasteiger partial charge in [0.2, 0.25) is 0 Å². The highest BCUT2D eigenvalue weighted by Gasteiger charge is 2.25. The van der Waals surface area contributed by atoms with Crippen molar-refractivity contribution in [3.05, 3.63) is 16.6 Å². The van der Waals surface area contributed by atoms with E-state index in [1.165, 1.54) is 18.4 Å². The monoisotopic (exact) mass is 256 g/mol. The Hall–Kier alpha value is -0.980. The molecule has 17 heavy (non-hydrogen) atoms. The summed E-state index contributed by atoms with van der Waals surface area (Å²) in [5, 5.41) is 5.74. The molecule has 6 heteroatoms. The summed E-state index contributed by atoms with van der Waals surface area (Å²) in [6.45, 7) is 1.46. The number of nitrogens with zero attached hydrogens (tertiary/aromatic N) is 1. The molecule has 2 unspecified atom stereocenters. The van der Waals surface area contributed by atoms with Gasteiger partial charge in [0.1, 0.15) is 5.01 Å². The van der Waals surface area contributed by atoms with Crippen LogP contribution in [0.3, 0.4) is 0 Å². The van der Waals surface area contributed by atoms with E-state index in [-0.39, 0.29) is 12.1 Å². The van der Waals surface area contributed by atoms with Gasteiger partial charge < -0.3 is 9.47 Å². The zero-order valence-corrected chi connectivity index (χ0v) is 10.5.